The van der Waals surface area contributed by atoms with Crippen LogP contribution in [-0.4, -0.2) is 18.6 Å². The Morgan fingerprint density at radius 1 is 1.67 bits per heavy atom. The van der Waals surface area contributed by atoms with E-state index in [1.807, 2.05) is 6.26 Å². The molecule has 0 bridgehead atoms. The predicted molar refractivity (Wildman–Crippen MR) is 43.6 cm³/mol. The molecule has 0 rings (SSSR count). The molecule has 0 aliphatic heterocycles. The van der Waals surface area contributed by atoms with E-state index in [9.17, 15) is 4.57 Å². The SMILES string of the molecule is CSCCOP(=O)(Cl)Cl. The van der Waals surface area contributed by atoms with Crippen molar-refractivity contribution in [1.29, 1.82) is 0 Å². The summed E-state index contributed by atoms with van der Waals surface area (Å²) >= 11 is 11.7. The highest BCUT2D eigenvalue weighted by Gasteiger charge is 2.12. The summed E-state index contributed by atoms with van der Waals surface area (Å²) in [7, 11) is 0. The van der Waals surface area contributed by atoms with Crippen molar-refractivity contribution < 1.29 is 9.09 Å². The molecule has 0 fully saturated rings. The monoisotopic (exact) mass is 208 g/mol. The van der Waals surface area contributed by atoms with Crippen LogP contribution in [0.1, 0.15) is 0 Å². The van der Waals surface area contributed by atoms with Crippen LogP contribution < -0.4 is 0 Å². The van der Waals surface area contributed by atoms with Crippen LogP contribution in [-0.2, 0) is 9.09 Å². The van der Waals surface area contributed by atoms with Crippen molar-refractivity contribution in [2.24, 2.45) is 0 Å². The fourth-order valence-corrected chi connectivity index (χ4v) is 1.32. The van der Waals surface area contributed by atoms with Crippen LogP contribution in [0.15, 0.2) is 0 Å². The van der Waals surface area contributed by atoms with Crippen LogP contribution in [0.25, 0.3) is 0 Å². The molecule has 0 unspecified atom stereocenters. The Balaban J connectivity index is 3.18. The zero-order valence-electron chi connectivity index (χ0n) is 4.84. The molecule has 0 aromatic rings. The second kappa shape index (κ2) is 4.86. The third kappa shape index (κ3) is 9.12. The van der Waals surface area contributed by atoms with Crippen molar-refractivity contribution in [3.63, 3.8) is 0 Å². The summed E-state index contributed by atoms with van der Waals surface area (Å²) < 4.78 is 14.9. The van der Waals surface area contributed by atoms with Gasteiger partial charge in [0.25, 0.3) is 0 Å². The van der Waals surface area contributed by atoms with E-state index < -0.39 is 6.07 Å². The van der Waals surface area contributed by atoms with Crippen molar-refractivity contribution in [3.05, 3.63) is 0 Å². The van der Waals surface area contributed by atoms with Gasteiger partial charge in [0.1, 0.15) is 0 Å². The van der Waals surface area contributed by atoms with Gasteiger partial charge in [-0.05, 0) is 28.7 Å². The fraction of sp³-hybridized carbons (Fsp3) is 1.00. The average Bonchev–Trinajstić information content (AvgIpc) is 1.63. The van der Waals surface area contributed by atoms with Crippen LogP contribution in [0.3, 0.4) is 0 Å². The maximum Gasteiger partial charge on any atom is 0.380 e. The summed E-state index contributed by atoms with van der Waals surface area (Å²) in [4.78, 5) is 0. The largest absolute Gasteiger partial charge is 0.380 e. The van der Waals surface area contributed by atoms with Crippen molar-refractivity contribution in [2.75, 3.05) is 18.6 Å². The first-order chi connectivity index (χ1) is 4.06. The van der Waals surface area contributed by atoms with E-state index >= 15 is 0 Å². The lowest BCUT2D eigenvalue weighted by Crippen LogP contribution is -1.88. The molecule has 2 nitrogen and oxygen atoms in total. The third-order valence-corrected chi connectivity index (χ3v) is 2.17. The second-order valence-corrected chi connectivity index (χ2v) is 6.50. The van der Waals surface area contributed by atoms with E-state index in [0.717, 1.165) is 5.75 Å². The lowest BCUT2D eigenvalue weighted by molar-refractivity contribution is 0.359. The molecule has 0 heterocycles. The molecule has 0 amide bonds. The lowest BCUT2D eigenvalue weighted by Gasteiger charge is -2.00. The smallest absolute Gasteiger partial charge is 0.305 e. The molecule has 0 aliphatic rings. The molecule has 0 spiro atoms. The molecule has 0 aliphatic carbocycles. The Labute approximate surface area is 68.3 Å². The number of halogens is 2. The highest BCUT2D eigenvalue weighted by molar-refractivity contribution is 8.05. The molecule has 0 aromatic carbocycles. The molecule has 0 saturated carbocycles. The zero-order chi connectivity index (χ0) is 7.33. The van der Waals surface area contributed by atoms with Crippen molar-refractivity contribution in [1.82, 2.24) is 0 Å². The Morgan fingerprint density at radius 2 is 2.22 bits per heavy atom. The molecule has 0 atom stereocenters. The minimum Gasteiger partial charge on any atom is -0.305 e. The standard InChI is InChI=1S/C3H7Cl2O2PS/c1-9-3-2-7-8(4,5)6/h2-3H2,1H3. The summed E-state index contributed by atoms with van der Waals surface area (Å²) in [6.45, 7) is 0.339. The Kier molecular flexibility index (Phi) is 5.47. The Hall–Kier alpha value is 1.12. The van der Waals surface area contributed by atoms with Crippen molar-refractivity contribution >= 4 is 40.3 Å². The van der Waals surface area contributed by atoms with Gasteiger partial charge in [-0.1, -0.05) is 0 Å². The average molecular weight is 209 g/mol. The summed E-state index contributed by atoms with van der Waals surface area (Å²) in [5.74, 6) is 0.753. The summed E-state index contributed by atoms with van der Waals surface area (Å²) in [6, 6.07) is 0. The van der Waals surface area contributed by atoms with Gasteiger partial charge in [0.05, 0.1) is 6.61 Å². The van der Waals surface area contributed by atoms with Gasteiger partial charge >= 0.3 is 6.07 Å². The number of thioether (sulfide) groups is 1. The van der Waals surface area contributed by atoms with Crippen LogP contribution in [0, 0.1) is 0 Å². The highest BCUT2D eigenvalue weighted by Crippen LogP contribution is 2.57. The topological polar surface area (TPSA) is 26.3 Å². The van der Waals surface area contributed by atoms with Crippen molar-refractivity contribution in [3.8, 4) is 0 Å². The van der Waals surface area contributed by atoms with Gasteiger partial charge < -0.3 is 4.52 Å². The van der Waals surface area contributed by atoms with Gasteiger partial charge in [-0.3, -0.25) is 4.57 Å². The first-order valence-corrected chi connectivity index (χ1v) is 7.02. The Morgan fingerprint density at radius 3 is 2.56 bits per heavy atom. The molecule has 0 radical (unpaired) electrons. The van der Waals surface area contributed by atoms with E-state index in [2.05, 4.69) is 4.52 Å². The normalized spacial score (nSPS) is 11.9. The van der Waals surface area contributed by atoms with E-state index in [1.165, 1.54) is 0 Å². The van der Waals surface area contributed by atoms with Crippen LogP contribution in [0.2, 0.25) is 0 Å². The quantitative estimate of drug-likeness (QED) is 0.525. The fourth-order valence-electron chi connectivity index (χ4n) is 0.227. The maximum absolute atomic E-state index is 10.4. The minimum absolute atomic E-state index is 0.339. The van der Waals surface area contributed by atoms with Gasteiger partial charge in [-0.25, -0.2) is 0 Å². The van der Waals surface area contributed by atoms with Crippen LogP contribution in [0.5, 0.6) is 0 Å². The molecule has 9 heavy (non-hydrogen) atoms. The van der Waals surface area contributed by atoms with Gasteiger partial charge in [0.15, 0.2) is 0 Å². The maximum atomic E-state index is 10.4. The second-order valence-electron chi connectivity index (χ2n) is 1.24. The van der Waals surface area contributed by atoms with Crippen LogP contribution in [0.4, 0.5) is 0 Å². The molecule has 0 N–H and O–H groups in total. The van der Waals surface area contributed by atoms with Gasteiger partial charge in [0, 0.05) is 5.75 Å². The van der Waals surface area contributed by atoms with Gasteiger partial charge in [-0.15, -0.1) is 0 Å². The first-order valence-electron chi connectivity index (χ1n) is 2.19. The van der Waals surface area contributed by atoms with Crippen LogP contribution >= 0.6 is 40.3 Å². The third-order valence-electron chi connectivity index (χ3n) is 0.529. The number of rotatable bonds is 4. The van der Waals surface area contributed by atoms with E-state index in [1.54, 1.807) is 11.8 Å². The Bertz CT molecular complexity index is 114. The molecule has 56 valence electrons. The molecule has 0 aromatic heterocycles. The van der Waals surface area contributed by atoms with Gasteiger partial charge in [-0.2, -0.15) is 11.8 Å². The van der Waals surface area contributed by atoms with Crippen molar-refractivity contribution in [2.45, 2.75) is 0 Å². The van der Waals surface area contributed by atoms with Gasteiger partial charge in [0.2, 0.25) is 0 Å². The predicted octanol–water partition coefficient (Wildman–Crippen LogP) is 2.95. The first kappa shape index (κ1) is 10.1. The van der Waals surface area contributed by atoms with E-state index in [0.29, 0.717) is 6.61 Å². The summed E-state index contributed by atoms with van der Waals surface area (Å²) in [5.41, 5.74) is 0. The molecular weight excluding hydrogens is 202 g/mol. The number of hydrogen-bond donors (Lipinski definition) is 0. The lowest BCUT2D eigenvalue weighted by atomic mass is 10.9. The minimum atomic E-state index is -3.26. The molecular formula is C3H7Cl2O2PS. The van der Waals surface area contributed by atoms with E-state index in [-0.39, 0.29) is 0 Å². The molecule has 0 saturated heterocycles. The summed E-state index contributed by atoms with van der Waals surface area (Å²) in [6.07, 6.45) is -1.35. The molecule has 6 heteroatoms. The highest BCUT2D eigenvalue weighted by atomic mass is 35.9. The zero-order valence-corrected chi connectivity index (χ0v) is 8.06. The van der Waals surface area contributed by atoms with E-state index in [4.69, 9.17) is 22.5 Å². The summed E-state index contributed by atoms with van der Waals surface area (Å²) in [5, 5.41) is 0. The number of hydrogen-bond acceptors (Lipinski definition) is 3.